The van der Waals surface area contributed by atoms with Gasteiger partial charge in [-0.25, -0.2) is 4.79 Å². The van der Waals surface area contributed by atoms with E-state index in [1.165, 1.54) is 13.2 Å². The van der Waals surface area contributed by atoms with Gasteiger partial charge in [0.25, 0.3) is 0 Å². The van der Waals surface area contributed by atoms with E-state index < -0.39 is 5.97 Å². The molecule has 0 saturated heterocycles. The average Bonchev–Trinajstić information content (AvgIpc) is 2.38. The number of benzene rings is 1. The largest absolute Gasteiger partial charge is 0.495 e. The number of ether oxygens (including phenoxy) is 2. The quantitative estimate of drug-likeness (QED) is 0.272. The van der Waals surface area contributed by atoms with E-state index in [2.05, 4.69) is 26.0 Å². The molecule has 1 rings (SSSR count). The van der Waals surface area contributed by atoms with Crippen LogP contribution in [0.5, 0.6) is 5.75 Å². The van der Waals surface area contributed by atoms with Gasteiger partial charge in [0.15, 0.2) is 0 Å². The maximum Gasteiger partial charge on any atom is 0.340 e. The van der Waals surface area contributed by atoms with E-state index in [0.29, 0.717) is 11.3 Å². The maximum atomic E-state index is 11.6. The van der Waals surface area contributed by atoms with E-state index in [-0.39, 0.29) is 12.3 Å². The van der Waals surface area contributed by atoms with Gasteiger partial charge in [0.2, 0.25) is 0 Å². The second-order valence-electron chi connectivity index (χ2n) is 3.30. The Bertz CT molecular complexity index is 551. The second kappa shape index (κ2) is 7.45. The highest BCUT2D eigenvalue weighted by Gasteiger charge is 2.11. The summed E-state index contributed by atoms with van der Waals surface area (Å²) in [7, 11) is 1.51. The zero-order valence-electron chi connectivity index (χ0n) is 10.5. The van der Waals surface area contributed by atoms with Gasteiger partial charge in [0, 0.05) is 10.5 Å². The summed E-state index contributed by atoms with van der Waals surface area (Å²) in [5.74, 6) is -0.139. The van der Waals surface area contributed by atoms with Crippen molar-refractivity contribution in [2.75, 3.05) is 13.7 Å². The molecular formula is C12H12BrN3O3. The first-order valence-corrected chi connectivity index (χ1v) is 6.19. The van der Waals surface area contributed by atoms with Gasteiger partial charge in [-0.15, -0.1) is 0 Å². The summed E-state index contributed by atoms with van der Waals surface area (Å²) in [6.07, 6.45) is 1.42. The molecule has 0 bridgehead atoms. The SMILES string of the molecule is CCOC(=O)/C(=C/c1cccc(Br)c1OC)N=[N+]=[N-]. The van der Waals surface area contributed by atoms with Crippen LogP contribution in [0.1, 0.15) is 12.5 Å². The number of carbonyl (C=O) groups is 1. The lowest BCUT2D eigenvalue weighted by Crippen LogP contribution is -2.05. The Hall–Kier alpha value is -1.98. The number of halogens is 1. The lowest BCUT2D eigenvalue weighted by atomic mass is 10.1. The van der Waals surface area contributed by atoms with Crippen LogP contribution >= 0.6 is 15.9 Å². The van der Waals surface area contributed by atoms with Crippen LogP contribution in [0.3, 0.4) is 0 Å². The Morgan fingerprint density at radius 2 is 2.32 bits per heavy atom. The molecule has 0 spiro atoms. The molecule has 0 aliphatic heterocycles. The standard InChI is InChI=1S/C12H12BrN3O3/c1-3-19-12(17)10(15-16-14)7-8-5-4-6-9(13)11(8)18-2/h4-7H,3H2,1-2H3/b10-7-. The number of hydrogen-bond donors (Lipinski definition) is 0. The molecule has 1 aromatic rings. The molecule has 0 N–H and O–H groups in total. The van der Waals surface area contributed by atoms with Gasteiger partial charge in [-0.2, -0.15) is 0 Å². The minimum Gasteiger partial charge on any atom is -0.495 e. The van der Waals surface area contributed by atoms with Crippen molar-refractivity contribution in [2.24, 2.45) is 5.11 Å². The lowest BCUT2D eigenvalue weighted by molar-refractivity contribution is -0.138. The third-order valence-electron chi connectivity index (χ3n) is 2.13. The maximum absolute atomic E-state index is 11.6. The van der Waals surface area contributed by atoms with Crippen molar-refractivity contribution in [3.05, 3.63) is 44.4 Å². The number of nitrogens with zero attached hydrogens (tertiary/aromatic N) is 3. The van der Waals surface area contributed by atoms with Crippen LogP contribution < -0.4 is 4.74 Å². The van der Waals surface area contributed by atoms with Crippen molar-refractivity contribution in [1.29, 1.82) is 0 Å². The first-order valence-electron chi connectivity index (χ1n) is 5.40. The first kappa shape index (κ1) is 15.1. The van der Waals surface area contributed by atoms with Crippen molar-refractivity contribution in [3.63, 3.8) is 0 Å². The van der Waals surface area contributed by atoms with E-state index >= 15 is 0 Å². The monoisotopic (exact) mass is 325 g/mol. The lowest BCUT2D eigenvalue weighted by Gasteiger charge is -2.08. The van der Waals surface area contributed by atoms with Gasteiger partial charge in [0.05, 0.1) is 18.2 Å². The van der Waals surface area contributed by atoms with E-state index in [1.54, 1.807) is 25.1 Å². The summed E-state index contributed by atoms with van der Waals surface area (Å²) in [6.45, 7) is 1.87. The predicted octanol–water partition coefficient (Wildman–Crippen LogP) is 3.67. The van der Waals surface area contributed by atoms with Crippen LogP contribution in [-0.4, -0.2) is 19.7 Å². The molecule has 0 aromatic heterocycles. The van der Waals surface area contributed by atoms with E-state index in [1.807, 2.05) is 0 Å². The van der Waals surface area contributed by atoms with Gasteiger partial charge >= 0.3 is 5.97 Å². The Morgan fingerprint density at radius 1 is 1.58 bits per heavy atom. The Kier molecular flexibility index (Phi) is 5.92. The fourth-order valence-electron chi connectivity index (χ4n) is 1.38. The molecule has 1 aromatic carbocycles. The molecule has 100 valence electrons. The Labute approximate surface area is 118 Å². The highest BCUT2D eigenvalue weighted by atomic mass is 79.9. The molecule has 0 aliphatic rings. The Morgan fingerprint density at radius 3 is 2.89 bits per heavy atom. The summed E-state index contributed by atoms with van der Waals surface area (Å²) in [5, 5.41) is 3.34. The average molecular weight is 326 g/mol. The minimum atomic E-state index is -0.678. The molecule has 0 radical (unpaired) electrons. The molecule has 0 fully saturated rings. The molecule has 7 heteroatoms. The first-order chi connectivity index (χ1) is 9.13. The van der Waals surface area contributed by atoms with Gasteiger partial charge in [-0.1, -0.05) is 17.2 Å². The third kappa shape index (κ3) is 4.01. The molecular weight excluding hydrogens is 314 g/mol. The number of rotatable bonds is 5. The zero-order valence-corrected chi connectivity index (χ0v) is 12.0. The molecule has 0 atom stereocenters. The van der Waals surface area contributed by atoms with Crippen molar-refractivity contribution in [1.82, 2.24) is 0 Å². The third-order valence-corrected chi connectivity index (χ3v) is 2.76. The van der Waals surface area contributed by atoms with Gasteiger partial charge in [0.1, 0.15) is 11.4 Å². The predicted molar refractivity (Wildman–Crippen MR) is 74.5 cm³/mol. The number of carbonyl (C=O) groups excluding carboxylic acids is 1. The smallest absolute Gasteiger partial charge is 0.340 e. The summed E-state index contributed by atoms with van der Waals surface area (Å²) in [5.41, 5.74) is 8.96. The van der Waals surface area contributed by atoms with Crippen LogP contribution in [0.2, 0.25) is 0 Å². The molecule has 6 nitrogen and oxygen atoms in total. The molecule has 0 aliphatic carbocycles. The minimum absolute atomic E-state index is 0.124. The summed E-state index contributed by atoms with van der Waals surface area (Å²) in [4.78, 5) is 14.2. The zero-order chi connectivity index (χ0) is 14.3. The van der Waals surface area contributed by atoms with E-state index in [9.17, 15) is 4.79 Å². The summed E-state index contributed by atoms with van der Waals surface area (Å²) >= 11 is 3.33. The van der Waals surface area contributed by atoms with Crippen LogP contribution in [0, 0.1) is 0 Å². The second-order valence-corrected chi connectivity index (χ2v) is 4.16. The molecule has 0 amide bonds. The topological polar surface area (TPSA) is 84.3 Å². The van der Waals surface area contributed by atoms with E-state index in [0.717, 1.165) is 4.47 Å². The van der Waals surface area contributed by atoms with Crippen LogP contribution in [-0.2, 0) is 9.53 Å². The summed E-state index contributed by atoms with van der Waals surface area (Å²) in [6, 6.07) is 5.31. The highest BCUT2D eigenvalue weighted by Crippen LogP contribution is 2.30. The van der Waals surface area contributed by atoms with Gasteiger partial charge in [-0.3, -0.25) is 0 Å². The number of methoxy groups -OCH3 is 1. The normalized spacial score (nSPS) is 10.6. The van der Waals surface area contributed by atoms with Gasteiger partial charge < -0.3 is 9.47 Å². The van der Waals surface area contributed by atoms with Gasteiger partial charge in [-0.05, 0) is 40.5 Å². The van der Waals surface area contributed by atoms with Crippen LogP contribution in [0.4, 0.5) is 0 Å². The summed E-state index contributed by atoms with van der Waals surface area (Å²) < 4.78 is 10.8. The highest BCUT2D eigenvalue weighted by molar-refractivity contribution is 9.10. The Balaban J connectivity index is 3.26. The van der Waals surface area contributed by atoms with Crippen molar-refractivity contribution in [2.45, 2.75) is 6.92 Å². The number of azide groups is 1. The molecule has 19 heavy (non-hydrogen) atoms. The number of para-hydroxylation sites is 1. The van der Waals surface area contributed by atoms with Crippen LogP contribution in [0.25, 0.3) is 16.5 Å². The van der Waals surface area contributed by atoms with Crippen molar-refractivity contribution in [3.8, 4) is 5.75 Å². The van der Waals surface area contributed by atoms with Crippen molar-refractivity contribution < 1.29 is 14.3 Å². The van der Waals surface area contributed by atoms with Crippen LogP contribution in [0.15, 0.2) is 33.5 Å². The molecule has 0 saturated carbocycles. The molecule has 0 unspecified atom stereocenters. The van der Waals surface area contributed by atoms with E-state index in [4.69, 9.17) is 15.0 Å². The fourth-order valence-corrected chi connectivity index (χ4v) is 1.93. The number of hydrogen-bond acceptors (Lipinski definition) is 4. The number of esters is 1. The fraction of sp³-hybridized carbons (Fsp3) is 0.250. The van der Waals surface area contributed by atoms with Crippen molar-refractivity contribution >= 4 is 28.0 Å². The molecule has 0 heterocycles.